The molecule has 0 radical (unpaired) electrons. The molecule has 0 aromatic heterocycles. The van der Waals surface area contributed by atoms with Crippen molar-refractivity contribution in [3.8, 4) is 0 Å². The Balaban J connectivity index is 1.76. The molecule has 0 bridgehead atoms. The Morgan fingerprint density at radius 1 is 0.862 bits per heavy atom. The first-order valence-corrected chi connectivity index (χ1v) is 11.0. The number of sulfonamides is 1. The molecule has 0 fully saturated rings. The fraction of sp³-hybridized carbons (Fsp3) is 0.136. The highest BCUT2D eigenvalue weighted by molar-refractivity contribution is 7.92. The van der Waals surface area contributed by atoms with Gasteiger partial charge < -0.3 is 10.6 Å². The summed E-state index contributed by atoms with van der Waals surface area (Å²) in [6, 6.07) is 23.6. The first-order valence-electron chi connectivity index (χ1n) is 9.11. The van der Waals surface area contributed by atoms with Crippen LogP contribution in [-0.2, 0) is 10.0 Å². The van der Waals surface area contributed by atoms with Gasteiger partial charge in [-0.05, 0) is 48.9 Å². The van der Waals surface area contributed by atoms with Gasteiger partial charge in [-0.3, -0.25) is 9.52 Å². The van der Waals surface area contributed by atoms with Crippen molar-refractivity contribution in [2.24, 2.45) is 0 Å². The van der Waals surface area contributed by atoms with Crippen molar-refractivity contribution in [2.45, 2.75) is 13.0 Å². The molecule has 0 aliphatic carbocycles. The summed E-state index contributed by atoms with van der Waals surface area (Å²) in [5.74, 6) is -0.224. The van der Waals surface area contributed by atoms with Gasteiger partial charge >= 0.3 is 0 Å². The molecule has 3 aromatic carbocycles. The highest BCUT2D eigenvalue weighted by Gasteiger charge is 2.15. The van der Waals surface area contributed by atoms with Crippen molar-refractivity contribution in [1.29, 1.82) is 0 Å². The van der Waals surface area contributed by atoms with Gasteiger partial charge in [-0.1, -0.05) is 42.5 Å². The predicted octanol–water partition coefficient (Wildman–Crippen LogP) is 4.29. The molecule has 0 aliphatic heterocycles. The molecule has 0 spiro atoms. The van der Waals surface area contributed by atoms with Gasteiger partial charge in [-0.2, -0.15) is 0 Å². The number of hydrogen-bond donors (Lipinski definition) is 3. The van der Waals surface area contributed by atoms with Gasteiger partial charge in [0.05, 0.1) is 23.5 Å². The van der Waals surface area contributed by atoms with Crippen LogP contribution in [0.1, 0.15) is 28.9 Å². The number of rotatable bonds is 7. The van der Waals surface area contributed by atoms with Crippen LogP contribution >= 0.6 is 0 Å². The van der Waals surface area contributed by atoms with Crippen molar-refractivity contribution in [3.63, 3.8) is 0 Å². The van der Waals surface area contributed by atoms with E-state index in [9.17, 15) is 13.2 Å². The zero-order valence-electron chi connectivity index (χ0n) is 16.2. The summed E-state index contributed by atoms with van der Waals surface area (Å²) in [6.07, 6.45) is 1.10. The van der Waals surface area contributed by atoms with E-state index >= 15 is 0 Å². The summed E-state index contributed by atoms with van der Waals surface area (Å²) in [5.41, 5.74) is 3.36. The van der Waals surface area contributed by atoms with E-state index in [0.717, 1.165) is 17.5 Å². The van der Waals surface area contributed by atoms with E-state index in [-0.39, 0.29) is 11.9 Å². The van der Waals surface area contributed by atoms with Crippen LogP contribution in [0.4, 0.5) is 17.1 Å². The molecule has 1 unspecified atom stereocenters. The summed E-state index contributed by atoms with van der Waals surface area (Å²) < 4.78 is 25.3. The van der Waals surface area contributed by atoms with E-state index in [1.54, 1.807) is 24.3 Å². The largest absolute Gasteiger partial charge is 0.355 e. The van der Waals surface area contributed by atoms with Crippen molar-refractivity contribution < 1.29 is 13.2 Å². The lowest BCUT2D eigenvalue weighted by Crippen LogP contribution is -2.27. The molecule has 1 atom stereocenters. The van der Waals surface area contributed by atoms with E-state index < -0.39 is 10.0 Å². The van der Waals surface area contributed by atoms with Gasteiger partial charge in [0, 0.05) is 11.4 Å². The molecule has 0 saturated heterocycles. The van der Waals surface area contributed by atoms with Gasteiger partial charge in [-0.25, -0.2) is 8.42 Å². The molecule has 1 amide bonds. The second kappa shape index (κ2) is 8.79. The predicted molar refractivity (Wildman–Crippen MR) is 117 cm³/mol. The Labute approximate surface area is 171 Å². The molecule has 0 saturated carbocycles. The smallest absolute Gasteiger partial charge is 0.253 e. The number of carbonyl (C=O) groups is 1. The van der Waals surface area contributed by atoms with Crippen LogP contribution < -0.4 is 15.4 Å². The molecule has 7 heteroatoms. The monoisotopic (exact) mass is 409 g/mol. The molecular weight excluding hydrogens is 386 g/mol. The third kappa shape index (κ3) is 5.83. The molecule has 0 heterocycles. The molecule has 3 rings (SSSR count). The maximum absolute atomic E-state index is 12.9. The lowest BCUT2D eigenvalue weighted by atomic mass is 10.1. The van der Waals surface area contributed by atoms with E-state index in [0.29, 0.717) is 16.9 Å². The molecular formula is C22H23N3O3S. The fourth-order valence-electron chi connectivity index (χ4n) is 2.91. The summed E-state index contributed by atoms with van der Waals surface area (Å²) in [5, 5.41) is 6.24. The molecule has 6 nitrogen and oxygen atoms in total. The quantitative estimate of drug-likeness (QED) is 0.543. The summed E-state index contributed by atoms with van der Waals surface area (Å²) in [7, 11) is -3.37. The number of anilines is 3. The number of hydrogen-bond acceptors (Lipinski definition) is 4. The van der Waals surface area contributed by atoms with Crippen LogP contribution in [-0.4, -0.2) is 20.6 Å². The molecule has 3 aromatic rings. The first-order chi connectivity index (χ1) is 13.8. The minimum Gasteiger partial charge on any atom is -0.355 e. The number of carbonyl (C=O) groups excluding carboxylic acids is 1. The van der Waals surface area contributed by atoms with Crippen LogP contribution in [0.3, 0.4) is 0 Å². The molecule has 150 valence electrons. The molecule has 29 heavy (non-hydrogen) atoms. The van der Waals surface area contributed by atoms with Crippen LogP contribution in [0.25, 0.3) is 0 Å². The highest BCUT2D eigenvalue weighted by atomic mass is 32.2. The second-order valence-corrected chi connectivity index (χ2v) is 8.48. The third-order valence-electron chi connectivity index (χ3n) is 4.26. The second-order valence-electron chi connectivity index (χ2n) is 6.73. The Kier molecular flexibility index (Phi) is 6.19. The number of amides is 1. The summed E-state index contributed by atoms with van der Waals surface area (Å²) in [4.78, 5) is 12.9. The Morgan fingerprint density at radius 3 is 2.24 bits per heavy atom. The van der Waals surface area contributed by atoms with Crippen LogP contribution in [0.2, 0.25) is 0 Å². The van der Waals surface area contributed by atoms with Crippen LogP contribution in [0.5, 0.6) is 0 Å². The average molecular weight is 410 g/mol. The zero-order valence-corrected chi connectivity index (χ0v) is 17.0. The van der Waals surface area contributed by atoms with Crippen molar-refractivity contribution in [3.05, 3.63) is 90.0 Å². The highest BCUT2D eigenvalue weighted by Crippen LogP contribution is 2.23. The van der Waals surface area contributed by atoms with E-state index in [1.807, 2.05) is 61.5 Å². The topological polar surface area (TPSA) is 87.3 Å². The maximum atomic E-state index is 12.9. The maximum Gasteiger partial charge on any atom is 0.253 e. The number of para-hydroxylation sites is 2. The van der Waals surface area contributed by atoms with Crippen LogP contribution in [0.15, 0.2) is 78.9 Å². The lowest BCUT2D eigenvalue weighted by Gasteiger charge is -2.17. The summed E-state index contributed by atoms with van der Waals surface area (Å²) in [6.45, 7) is 1.85. The van der Waals surface area contributed by atoms with E-state index in [2.05, 4.69) is 15.4 Å². The van der Waals surface area contributed by atoms with Gasteiger partial charge in [0.25, 0.3) is 5.91 Å². The normalized spacial score (nSPS) is 12.1. The van der Waals surface area contributed by atoms with E-state index in [4.69, 9.17) is 0 Å². The third-order valence-corrected chi connectivity index (χ3v) is 4.87. The number of benzene rings is 3. The zero-order chi connectivity index (χ0) is 20.9. The minimum atomic E-state index is -3.37. The first kappa shape index (κ1) is 20.4. The average Bonchev–Trinajstić information content (AvgIpc) is 2.68. The fourth-order valence-corrected chi connectivity index (χ4v) is 3.47. The molecule has 3 N–H and O–H groups in total. The van der Waals surface area contributed by atoms with Crippen molar-refractivity contribution in [1.82, 2.24) is 5.32 Å². The van der Waals surface area contributed by atoms with Crippen molar-refractivity contribution >= 4 is 33.0 Å². The standard InChI is InChI=1S/C22H23N3O3S/c1-16(17-9-8-12-19(15-17)25-29(2,27)28)23-22(26)20-13-6-7-14-21(20)24-18-10-4-3-5-11-18/h3-16,24-25H,1-2H3,(H,23,26). The van der Waals surface area contributed by atoms with Gasteiger partial charge in [-0.15, -0.1) is 0 Å². The van der Waals surface area contributed by atoms with Gasteiger partial charge in [0.15, 0.2) is 0 Å². The van der Waals surface area contributed by atoms with Gasteiger partial charge in [0.1, 0.15) is 0 Å². The SMILES string of the molecule is CC(NC(=O)c1ccccc1Nc1ccccc1)c1cccc(NS(C)(=O)=O)c1. The van der Waals surface area contributed by atoms with Crippen molar-refractivity contribution in [2.75, 3.05) is 16.3 Å². The Hall–Kier alpha value is -3.32. The van der Waals surface area contributed by atoms with Gasteiger partial charge in [0.2, 0.25) is 10.0 Å². The minimum absolute atomic E-state index is 0.224. The Bertz CT molecular complexity index is 1100. The molecule has 0 aliphatic rings. The van der Waals surface area contributed by atoms with E-state index in [1.165, 1.54) is 0 Å². The summed E-state index contributed by atoms with van der Waals surface area (Å²) >= 11 is 0. The Morgan fingerprint density at radius 2 is 1.52 bits per heavy atom. The van der Waals surface area contributed by atoms with Crippen LogP contribution in [0, 0.1) is 0 Å². The lowest BCUT2D eigenvalue weighted by molar-refractivity contribution is 0.0940. The number of nitrogens with one attached hydrogen (secondary N) is 3.